The summed E-state index contributed by atoms with van der Waals surface area (Å²) < 4.78 is 1.79. The second-order valence-corrected chi connectivity index (χ2v) is 3.78. The zero-order chi connectivity index (χ0) is 11.5. The first-order valence-electron chi connectivity index (χ1n) is 5.18. The van der Waals surface area contributed by atoms with Gasteiger partial charge in [-0.1, -0.05) is 18.2 Å². The van der Waals surface area contributed by atoms with Gasteiger partial charge in [-0.25, -0.2) is 0 Å². The summed E-state index contributed by atoms with van der Waals surface area (Å²) in [7, 11) is 1.89. The van der Waals surface area contributed by atoms with E-state index in [1.54, 1.807) is 10.7 Å². The van der Waals surface area contributed by atoms with Crippen LogP contribution in [0.5, 0.6) is 5.75 Å². The summed E-state index contributed by atoms with van der Waals surface area (Å²) in [6.45, 7) is 2.59. The molecule has 1 aromatic heterocycles. The van der Waals surface area contributed by atoms with E-state index in [9.17, 15) is 5.11 Å². The minimum Gasteiger partial charge on any atom is -0.508 e. The Morgan fingerprint density at radius 2 is 2.12 bits per heavy atom. The van der Waals surface area contributed by atoms with Gasteiger partial charge in [-0.3, -0.25) is 4.68 Å². The molecular weight excluding hydrogens is 202 g/mol. The molecule has 16 heavy (non-hydrogen) atoms. The molecule has 0 aliphatic rings. The quantitative estimate of drug-likeness (QED) is 0.827. The van der Waals surface area contributed by atoms with Crippen molar-refractivity contribution in [3.05, 3.63) is 41.6 Å². The van der Waals surface area contributed by atoms with E-state index in [1.807, 2.05) is 38.4 Å². The van der Waals surface area contributed by atoms with Crippen LogP contribution in [-0.2, 0) is 13.6 Å². The van der Waals surface area contributed by atoms with E-state index in [0.717, 1.165) is 16.9 Å². The van der Waals surface area contributed by atoms with Crippen molar-refractivity contribution in [2.45, 2.75) is 13.5 Å². The van der Waals surface area contributed by atoms with Crippen molar-refractivity contribution in [2.24, 2.45) is 7.05 Å². The van der Waals surface area contributed by atoms with Crippen molar-refractivity contribution in [2.75, 3.05) is 5.32 Å². The maximum atomic E-state index is 9.62. The highest BCUT2D eigenvalue weighted by Gasteiger charge is 2.05. The van der Waals surface area contributed by atoms with Crippen LogP contribution < -0.4 is 5.32 Å². The predicted octanol–water partition coefficient (Wildman–Crippen LogP) is 2.05. The number of hydrogen-bond acceptors (Lipinski definition) is 3. The van der Waals surface area contributed by atoms with E-state index < -0.39 is 0 Å². The fourth-order valence-electron chi connectivity index (χ4n) is 1.64. The number of rotatable bonds is 3. The largest absolute Gasteiger partial charge is 0.508 e. The van der Waals surface area contributed by atoms with Crippen molar-refractivity contribution < 1.29 is 5.11 Å². The second-order valence-electron chi connectivity index (χ2n) is 3.78. The number of hydrogen-bond donors (Lipinski definition) is 2. The first kappa shape index (κ1) is 10.5. The van der Waals surface area contributed by atoms with Gasteiger partial charge in [0.15, 0.2) is 0 Å². The lowest BCUT2D eigenvalue weighted by Crippen LogP contribution is -2.05. The summed E-state index contributed by atoms with van der Waals surface area (Å²) in [5, 5.41) is 17.0. The summed E-state index contributed by atoms with van der Waals surface area (Å²) in [5.41, 5.74) is 1.97. The smallest absolute Gasteiger partial charge is 0.127 e. The number of aromatic hydroxyl groups is 1. The summed E-state index contributed by atoms with van der Waals surface area (Å²) in [5.74, 6) is 1.29. The van der Waals surface area contributed by atoms with Crippen LogP contribution in [0.4, 0.5) is 5.82 Å². The topological polar surface area (TPSA) is 50.1 Å². The highest BCUT2D eigenvalue weighted by Crippen LogP contribution is 2.18. The van der Waals surface area contributed by atoms with Crippen LogP contribution in [0.3, 0.4) is 0 Å². The van der Waals surface area contributed by atoms with Crippen LogP contribution in [0.2, 0.25) is 0 Å². The number of anilines is 1. The SMILES string of the molecule is Cc1cnn(C)c1NCc1ccccc1O. The normalized spacial score (nSPS) is 10.4. The molecule has 4 nitrogen and oxygen atoms in total. The third kappa shape index (κ3) is 2.00. The van der Waals surface area contributed by atoms with E-state index >= 15 is 0 Å². The molecule has 0 bridgehead atoms. The molecule has 4 heteroatoms. The van der Waals surface area contributed by atoms with Gasteiger partial charge in [-0.05, 0) is 13.0 Å². The fraction of sp³-hybridized carbons (Fsp3) is 0.250. The molecule has 2 rings (SSSR count). The minimum atomic E-state index is 0.315. The zero-order valence-corrected chi connectivity index (χ0v) is 9.44. The van der Waals surface area contributed by atoms with Crippen molar-refractivity contribution in [3.8, 4) is 5.75 Å². The highest BCUT2D eigenvalue weighted by atomic mass is 16.3. The lowest BCUT2D eigenvalue weighted by molar-refractivity contribution is 0.469. The van der Waals surface area contributed by atoms with Gasteiger partial charge in [-0.2, -0.15) is 5.10 Å². The van der Waals surface area contributed by atoms with Gasteiger partial charge in [0, 0.05) is 24.7 Å². The molecule has 0 amide bonds. The van der Waals surface area contributed by atoms with E-state index in [4.69, 9.17) is 0 Å². The highest BCUT2D eigenvalue weighted by molar-refractivity contribution is 5.44. The number of para-hydroxylation sites is 1. The number of nitrogens with one attached hydrogen (secondary N) is 1. The Hall–Kier alpha value is -1.97. The van der Waals surface area contributed by atoms with Crippen LogP contribution in [0.15, 0.2) is 30.5 Å². The zero-order valence-electron chi connectivity index (χ0n) is 9.44. The average molecular weight is 217 g/mol. The van der Waals surface area contributed by atoms with Crippen molar-refractivity contribution in [1.82, 2.24) is 9.78 Å². The lowest BCUT2D eigenvalue weighted by Gasteiger charge is -2.09. The van der Waals surface area contributed by atoms with Crippen LogP contribution in [-0.4, -0.2) is 14.9 Å². The van der Waals surface area contributed by atoms with Gasteiger partial charge in [0.1, 0.15) is 11.6 Å². The number of phenolic OH excluding ortho intramolecular Hbond substituents is 1. The van der Waals surface area contributed by atoms with Crippen LogP contribution in [0, 0.1) is 6.92 Å². The number of nitrogens with zero attached hydrogens (tertiary/aromatic N) is 2. The van der Waals surface area contributed by atoms with E-state index in [1.165, 1.54) is 0 Å². The molecule has 0 aliphatic heterocycles. The maximum Gasteiger partial charge on any atom is 0.127 e. The number of benzene rings is 1. The van der Waals surface area contributed by atoms with Crippen LogP contribution >= 0.6 is 0 Å². The lowest BCUT2D eigenvalue weighted by atomic mass is 10.2. The van der Waals surface area contributed by atoms with Crippen molar-refractivity contribution in [3.63, 3.8) is 0 Å². The summed E-state index contributed by atoms with van der Waals surface area (Å²) in [6, 6.07) is 7.31. The molecule has 0 atom stereocenters. The first-order chi connectivity index (χ1) is 7.68. The Kier molecular flexibility index (Phi) is 2.81. The summed E-state index contributed by atoms with van der Waals surface area (Å²) in [6.07, 6.45) is 1.81. The summed E-state index contributed by atoms with van der Waals surface area (Å²) >= 11 is 0. The van der Waals surface area contributed by atoms with Gasteiger partial charge in [0.25, 0.3) is 0 Å². The molecule has 84 valence electrons. The maximum absolute atomic E-state index is 9.62. The van der Waals surface area contributed by atoms with Crippen molar-refractivity contribution >= 4 is 5.82 Å². The number of phenols is 1. The van der Waals surface area contributed by atoms with Gasteiger partial charge in [0.2, 0.25) is 0 Å². The molecule has 1 heterocycles. The van der Waals surface area contributed by atoms with Gasteiger partial charge < -0.3 is 10.4 Å². The van der Waals surface area contributed by atoms with Crippen LogP contribution in [0.1, 0.15) is 11.1 Å². The third-order valence-corrected chi connectivity index (χ3v) is 2.56. The van der Waals surface area contributed by atoms with E-state index in [2.05, 4.69) is 10.4 Å². The number of aryl methyl sites for hydroxylation is 2. The Morgan fingerprint density at radius 1 is 1.38 bits per heavy atom. The third-order valence-electron chi connectivity index (χ3n) is 2.56. The molecule has 0 saturated carbocycles. The molecule has 2 N–H and O–H groups in total. The molecular formula is C12H15N3O. The van der Waals surface area contributed by atoms with Crippen molar-refractivity contribution in [1.29, 1.82) is 0 Å². The predicted molar refractivity (Wildman–Crippen MR) is 63.4 cm³/mol. The molecule has 0 radical (unpaired) electrons. The molecule has 0 fully saturated rings. The average Bonchev–Trinajstić information content (AvgIpc) is 2.58. The molecule has 0 unspecified atom stereocenters. The van der Waals surface area contributed by atoms with Gasteiger partial charge in [0.05, 0.1) is 6.20 Å². The van der Waals surface area contributed by atoms with Crippen LogP contribution in [0.25, 0.3) is 0 Å². The number of aromatic nitrogens is 2. The molecule has 2 aromatic rings. The van der Waals surface area contributed by atoms with Gasteiger partial charge >= 0.3 is 0 Å². The van der Waals surface area contributed by atoms with E-state index in [-0.39, 0.29) is 0 Å². The first-order valence-corrected chi connectivity index (χ1v) is 5.18. The molecule has 0 aliphatic carbocycles. The molecule has 0 saturated heterocycles. The minimum absolute atomic E-state index is 0.315. The summed E-state index contributed by atoms with van der Waals surface area (Å²) in [4.78, 5) is 0. The Bertz CT molecular complexity index is 471. The second kappa shape index (κ2) is 4.26. The van der Waals surface area contributed by atoms with E-state index in [0.29, 0.717) is 12.3 Å². The standard InChI is InChI=1S/C12H15N3O/c1-9-7-14-15(2)12(9)13-8-10-5-3-4-6-11(10)16/h3-7,13,16H,8H2,1-2H3. The monoisotopic (exact) mass is 217 g/mol. The van der Waals surface area contributed by atoms with Gasteiger partial charge in [-0.15, -0.1) is 0 Å². The Morgan fingerprint density at radius 3 is 2.75 bits per heavy atom. The Labute approximate surface area is 94.5 Å². The fourth-order valence-corrected chi connectivity index (χ4v) is 1.64. The Balaban J connectivity index is 2.11. The molecule has 1 aromatic carbocycles. The molecule has 0 spiro atoms.